The van der Waals surface area contributed by atoms with Crippen molar-refractivity contribution in [1.29, 1.82) is 0 Å². The Kier molecular flexibility index (Phi) is 3.97. The number of primary amides is 1. The summed E-state index contributed by atoms with van der Waals surface area (Å²) in [4.78, 5) is 14.8. The number of pyridine rings is 1. The first-order chi connectivity index (χ1) is 9.15. The zero-order chi connectivity index (χ0) is 13.7. The van der Waals surface area contributed by atoms with E-state index >= 15 is 0 Å². The summed E-state index contributed by atoms with van der Waals surface area (Å²) >= 11 is 0. The lowest BCUT2D eigenvalue weighted by atomic mass is 10.1. The maximum Gasteiger partial charge on any atom is 0.316 e. The summed E-state index contributed by atoms with van der Waals surface area (Å²) in [5.74, 6) is 0. The minimum absolute atomic E-state index is 0.563. The number of aryl methyl sites for hydroxylation is 1. The zero-order valence-electron chi connectivity index (χ0n) is 10.7. The van der Waals surface area contributed by atoms with Crippen molar-refractivity contribution >= 4 is 17.4 Å². The van der Waals surface area contributed by atoms with E-state index in [0.29, 0.717) is 12.2 Å². The van der Waals surface area contributed by atoms with Gasteiger partial charge in [0.15, 0.2) is 0 Å². The highest BCUT2D eigenvalue weighted by Gasteiger charge is 1.99. The Balaban J connectivity index is 1.97. The fourth-order valence-corrected chi connectivity index (χ4v) is 1.69. The normalized spacial score (nSPS) is 9.95. The summed E-state index contributed by atoms with van der Waals surface area (Å²) in [5, 5.41) is 5.81. The van der Waals surface area contributed by atoms with E-state index in [9.17, 15) is 4.79 Å². The fraction of sp³-hybridized carbons (Fsp3) is 0.143. The van der Waals surface area contributed by atoms with Crippen molar-refractivity contribution in [1.82, 2.24) is 4.98 Å². The largest absolute Gasteiger partial charge is 0.381 e. The molecule has 0 aliphatic heterocycles. The quantitative estimate of drug-likeness (QED) is 0.786. The second-order valence-electron chi connectivity index (χ2n) is 4.22. The van der Waals surface area contributed by atoms with Crippen molar-refractivity contribution in [3.05, 3.63) is 53.9 Å². The van der Waals surface area contributed by atoms with Gasteiger partial charge in [-0.15, -0.1) is 0 Å². The van der Waals surface area contributed by atoms with E-state index in [1.807, 2.05) is 24.4 Å². The minimum atomic E-state index is -0.563. The molecule has 2 amide bonds. The van der Waals surface area contributed by atoms with Crippen molar-refractivity contribution in [2.45, 2.75) is 13.5 Å². The van der Waals surface area contributed by atoms with Gasteiger partial charge in [-0.2, -0.15) is 0 Å². The predicted molar refractivity (Wildman–Crippen MR) is 75.9 cm³/mol. The summed E-state index contributed by atoms with van der Waals surface area (Å²) < 4.78 is 0. The Bertz CT molecular complexity index is 566. The van der Waals surface area contributed by atoms with E-state index in [1.54, 1.807) is 18.3 Å². The van der Waals surface area contributed by atoms with Crippen LogP contribution in [0.4, 0.5) is 16.2 Å². The molecule has 98 valence electrons. The lowest BCUT2D eigenvalue weighted by Gasteiger charge is -2.09. The molecule has 0 saturated heterocycles. The number of benzene rings is 1. The number of urea groups is 1. The van der Waals surface area contributed by atoms with E-state index in [1.165, 1.54) is 5.56 Å². The molecule has 19 heavy (non-hydrogen) atoms. The maximum absolute atomic E-state index is 10.7. The number of rotatable bonds is 4. The standard InChI is InChI=1S/C14H16N4O/c1-10-6-7-16-8-11(10)9-17-12-2-4-13(5-3-12)18-14(15)19/h2-8,17H,9H2,1H3,(H3,15,18,19). The van der Waals surface area contributed by atoms with Gasteiger partial charge in [-0.25, -0.2) is 4.79 Å². The van der Waals surface area contributed by atoms with Crippen LogP contribution in [-0.2, 0) is 6.54 Å². The highest BCUT2D eigenvalue weighted by Crippen LogP contribution is 2.15. The molecule has 0 bridgehead atoms. The lowest BCUT2D eigenvalue weighted by Crippen LogP contribution is -2.19. The number of aromatic nitrogens is 1. The second kappa shape index (κ2) is 5.86. The first kappa shape index (κ1) is 12.9. The lowest BCUT2D eigenvalue weighted by molar-refractivity contribution is 0.259. The van der Waals surface area contributed by atoms with E-state index in [-0.39, 0.29) is 0 Å². The molecule has 2 aromatic rings. The van der Waals surface area contributed by atoms with Crippen LogP contribution < -0.4 is 16.4 Å². The molecule has 0 aliphatic carbocycles. The van der Waals surface area contributed by atoms with Gasteiger partial charge in [0.25, 0.3) is 0 Å². The Hall–Kier alpha value is -2.56. The van der Waals surface area contributed by atoms with Crippen molar-refractivity contribution in [3.63, 3.8) is 0 Å². The molecule has 0 aliphatic rings. The summed E-state index contributed by atoms with van der Waals surface area (Å²) in [6, 6.07) is 8.78. The van der Waals surface area contributed by atoms with Gasteiger partial charge < -0.3 is 16.4 Å². The summed E-state index contributed by atoms with van der Waals surface area (Å²) in [7, 11) is 0. The van der Waals surface area contributed by atoms with Crippen molar-refractivity contribution in [3.8, 4) is 0 Å². The van der Waals surface area contributed by atoms with Crippen molar-refractivity contribution < 1.29 is 4.79 Å². The van der Waals surface area contributed by atoms with Crippen LogP contribution in [0.25, 0.3) is 0 Å². The highest BCUT2D eigenvalue weighted by molar-refractivity contribution is 5.87. The maximum atomic E-state index is 10.7. The molecule has 0 saturated carbocycles. The molecule has 5 heteroatoms. The molecule has 0 unspecified atom stereocenters. The molecule has 0 fully saturated rings. The highest BCUT2D eigenvalue weighted by atomic mass is 16.2. The number of carbonyl (C=O) groups excluding carboxylic acids is 1. The summed E-state index contributed by atoms with van der Waals surface area (Å²) in [6.45, 7) is 2.76. The number of amides is 2. The van der Waals surface area contributed by atoms with Gasteiger partial charge in [0.2, 0.25) is 0 Å². The van der Waals surface area contributed by atoms with Crippen molar-refractivity contribution in [2.24, 2.45) is 5.73 Å². The van der Waals surface area contributed by atoms with Crippen LogP contribution in [-0.4, -0.2) is 11.0 Å². The van der Waals surface area contributed by atoms with Gasteiger partial charge in [-0.05, 0) is 48.4 Å². The third-order valence-corrected chi connectivity index (χ3v) is 2.78. The topological polar surface area (TPSA) is 80.0 Å². The number of carbonyl (C=O) groups is 1. The third kappa shape index (κ3) is 3.70. The van der Waals surface area contributed by atoms with E-state index in [2.05, 4.69) is 22.5 Å². The van der Waals surface area contributed by atoms with Crippen LogP contribution in [0.5, 0.6) is 0 Å². The molecule has 0 atom stereocenters. The van der Waals surface area contributed by atoms with Gasteiger partial charge in [0, 0.05) is 30.3 Å². The van der Waals surface area contributed by atoms with Crippen LogP contribution in [0.1, 0.15) is 11.1 Å². The van der Waals surface area contributed by atoms with E-state index in [4.69, 9.17) is 5.73 Å². The molecule has 5 nitrogen and oxygen atoms in total. The summed E-state index contributed by atoms with van der Waals surface area (Å²) in [5.41, 5.74) is 9.05. The molecule has 1 aromatic heterocycles. The minimum Gasteiger partial charge on any atom is -0.381 e. The monoisotopic (exact) mass is 256 g/mol. The van der Waals surface area contributed by atoms with E-state index in [0.717, 1.165) is 11.3 Å². The van der Waals surface area contributed by atoms with Crippen LogP contribution in [0, 0.1) is 6.92 Å². The molecule has 1 heterocycles. The number of nitrogens with zero attached hydrogens (tertiary/aromatic N) is 1. The Morgan fingerprint density at radius 1 is 1.21 bits per heavy atom. The SMILES string of the molecule is Cc1ccncc1CNc1ccc(NC(N)=O)cc1. The van der Waals surface area contributed by atoms with Crippen LogP contribution >= 0.6 is 0 Å². The second-order valence-corrected chi connectivity index (χ2v) is 4.22. The van der Waals surface area contributed by atoms with Gasteiger partial charge in [-0.3, -0.25) is 4.98 Å². The van der Waals surface area contributed by atoms with Gasteiger partial charge in [-0.1, -0.05) is 0 Å². The first-order valence-electron chi connectivity index (χ1n) is 5.95. The van der Waals surface area contributed by atoms with Crippen LogP contribution in [0.2, 0.25) is 0 Å². The zero-order valence-corrected chi connectivity index (χ0v) is 10.7. The van der Waals surface area contributed by atoms with Crippen molar-refractivity contribution in [2.75, 3.05) is 10.6 Å². The molecule has 4 N–H and O–H groups in total. The number of nitrogens with two attached hydrogens (primary N) is 1. The smallest absolute Gasteiger partial charge is 0.316 e. The van der Waals surface area contributed by atoms with Gasteiger partial charge in [0.1, 0.15) is 0 Å². The first-order valence-corrected chi connectivity index (χ1v) is 5.95. The fourth-order valence-electron chi connectivity index (χ4n) is 1.69. The van der Waals surface area contributed by atoms with Gasteiger partial charge in [0.05, 0.1) is 0 Å². The number of hydrogen-bond donors (Lipinski definition) is 3. The molecular formula is C14H16N4O. The Morgan fingerprint density at radius 2 is 1.89 bits per heavy atom. The molecule has 2 rings (SSSR count). The van der Waals surface area contributed by atoms with E-state index < -0.39 is 6.03 Å². The third-order valence-electron chi connectivity index (χ3n) is 2.78. The molecule has 1 aromatic carbocycles. The molecule has 0 radical (unpaired) electrons. The Morgan fingerprint density at radius 3 is 2.53 bits per heavy atom. The predicted octanol–water partition coefficient (Wildman–Crippen LogP) is 2.49. The molecule has 0 spiro atoms. The van der Waals surface area contributed by atoms with Crippen LogP contribution in [0.15, 0.2) is 42.7 Å². The number of hydrogen-bond acceptors (Lipinski definition) is 3. The summed E-state index contributed by atoms with van der Waals surface area (Å²) in [6.07, 6.45) is 3.63. The molecular weight excluding hydrogens is 240 g/mol. The number of anilines is 2. The average Bonchev–Trinajstić information content (AvgIpc) is 2.39. The Labute approximate surface area is 111 Å². The van der Waals surface area contributed by atoms with Gasteiger partial charge >= 0.3 is 6.03 Å². The van der Waals surface area contributed by atoms with Crippen LogP contribution in [0.3, 0.4) is 0 Å². The number of nitrogens with one attached hydrogen (secondary N) is 2. The average molecular weight is 256 g/mol.